The quantitative estimate of drug-likeness (QED) is 0.247. The van der Waals surface area contributed by atoms with Crippen molar-refractivity contribution in [3.63, 3.8) is 0 Å². The van der Waals surface area contributed by atoms with Crippen LogP contribution in [0.5, 0.6) is 0 Å². The Morgan fingerprint density at radius 3 is 2.71 bits per heavy atom. The lowest BCUT2D eigenvalue weighted by molar-refractivity contribution is 0.0372. The Labute approximate surface area is 169 Å². The Hall–Kier alpha value is 0.270. The number of unbranched alkanes of at least 4 members (excludes halogenated alkanes) is 1. The van der Waals surface area contributed by atoms with Gasteiger partial charge < -0.3 is 15.4 Å². The van der Waals surface area contributed by atoms with Gasteiger partial charge >= 0.3 is 0 Å². The van der Waals surface area contributed by atoms with Crippen LogP contribution in [0.3, 0.4) is 0 Å². The average molecular weight is 470 g/mol. The van der Waals surface area contributed by atoms with Crippen LogP contribution in [0.15, 0.2) is 4.99 Å². The molecule has 0 spiro atoms. The third-order valence-corrected chi connectivity index (χ3v) is 6.04. The molecule has 0 amide bonds. The molecule has 2 rings (SSSR count). The molecule has 2 saturated heterocycles. The first-order valence-electron chi connectivity index (χ1n) is 9.18. The molecule has 0 aromatic heterocycles. The summed E-state index contributed by atoms with van der Waals surface area (Å²) in [5.74, 6) is 2.27. The minimum Gasteiger partial charge on any atom is -0.379 e. The monoisotopic (exact) mass is 470 g/mol. The molecule has 2 aliphatic heterocycles. The highest BCUT2D eigenvalue weighted by Crippen LogP contribution is 2.37. The van der Waals surface area contributed by atoms with Crippen molar-refractivity contribution >= 4 is 41.7 Å². The number of halogens is 1. The summed E-state index contributed by atoms with van der Waals surface area (Å²) in [5, 5.41) is 6.85. The molecule has 24 heavy (non-hydrogen) atoms. The molecule has 2 fully saturated rings. The van der Waals surface area contributed by atoms with E-state index in [0.29, 0.717) is 4.75 Å². The van der Waals surface area contributed by atoms with Gasteiger partial charge in [-0.15, -0.1) is 24.0 Å². The van der Waals surface area contributed by atoms with E-state index in [4.69, 9.17) is 9.73 Å². The lowest BCUT2D eigenvalue weighted by atomic mass is 10.1. The van der Waals surface area contributed by atoms with Gasteiger partial charge in [-0.25, -0.2) is 0 Å². The highest BCUT2D eigenvalue weighted by atomic mass is 127. The summed E-state index contributed by atoms with van der Waals surface area (Å²) in [6.45, 7) is 12.5. The summed E-state index contributed by atoms with van der Waals surface area (Å²) in [4.78, 5) is 7.30. The van der Waals surface area contributed by atoms with Gasteiger partial charge in [0.2, 0.25) is 0 Å². The topological polar surface area (TPSA) is 48.9 Å². The molecule has 0 saturated carbocycles. The van der Waals surface area contributed by atoms with Crippen molar-refractivity contribution in [3.8, 4) is 0 Å². The first-order chi connectivity index (χ1) is 11.2. The molecule has 2 N–H and O–H groups in total. The lowest BCUT2D eigenvalue weighted by Gasteiger charge is -2.26. The highest BCUT2D eigenvalue weighted by Gasteiger charge is 2.29. The van der Waals surface area contributed by atoms with Crippen LogP contribution in [-0.4, -0.2) is 73.8 Å². The number of nitrogens with zero attached hydrogens (tertiary/aromatic N) is 2. The van der Waals surface area contributed by atoms with Gasteiger partial charge in [0.05, 0.1) is 19.8 Å². The van der Waals surface area contributed by atoms with Gasteiger partial charge in [-0.2, -0.15) is 11.8 Å². The van der Waals surface area contributed by atoms with E-state index < -0.39 is 0 Å². The van der Waals surface area contributed by atoms with E-state index in [1.807, 2.05) is 0 Å². The molecule has 0 radical (unpaired) electrons. The van der Waals surface area contributed by atoms with Crippen LogP contribution in [0.4, 0.5) is 0 Å². The number of guanidine groups is 1. The Morgan fingerprint density at radius 1 is 1.25 bits per heavy atom. The predicted molar refractivity (Wildman–Crippen MR) is 116 cm³/mol. The number of ether oxygens (including phenoxy) is 1. The van der Waals surface area contributed by atoms with Crippen LogP contribution in [0.25, 0.3) is 0 Å². The van der Waals surface area contributed by atoms with Crippen LogP contribution < -0.4 is 10.6 Å². The maximum atomic E-state index is 5.38. The van der Waals surface area contributed by atoms with Crippen LogP contribution >= 0.6 is 35.7 Å². The lowest BCUT2D eigenvalue weighted by Crippen LogP contribution is -2.39. The van der Waals surface area contributed by atoms with Crippen molar-refractivity contribution in [1.82, 2.24) is 15.5 Å². The van der Waals surface area contributed by atoms with E-state index >= 15 is 0 Å². The van der Waals surface area contributed by atoms with E-state index in [0.717, 1.165) is 51.9 Å². The maximum absolute atomic E-state index is 5.38. The first-order valence-corrected chi connectivity index (χ1v) is 10.2. The van der Waals surface area contributed by atoms with Gasteiger partial charge in [0.15, 0.2) is 5.96 Å². The van der Waals surface area contributed by atoms with Gasteiger partial charge in [0.25, 0.3) is 0 Å². The number of thioether (sulfide) groups is 1. The molecule has 1 unspecified atom stereocenters. The fourth-order valence-electron chi connectivity index (χ4n) is 3.04. The van der Waals surface area contributed by atoms with Crippen molar-refractivity contribution in [2.45, 2.75) is 44.3 Å². The van der Waals surface area contributed by atoms with E-state index in [2.05, 4.69) is 41.1 Å². The van der Waals surface area contributed by atoms with Crippen molar-refractivity contribution in [3.05, 3.63) is 0 Å². The number of aliphatic imine (C=N–C) groups is 1. The zero-order valence-electron chi connectivity index (χ0n) is 15.3. The van der Waals surface area contributed by atoms with Crippen molar-refractivity contribution in [2.75, 3.05) is 58.2 Å². The molecule has 142 valence electrons. The molecule has 0 aromatic rings. The van der Waals surface area contributed by atoms with Gasteiger partial charge in [0.1, 0.15) is 0 Å². The molecule has 7 heteroatoms. The van der Waals surface area contributed by atoms with Crippen LogP contribution in [0.2, 0.25) is 0 Å². The Morgan fingerprint density at radius 2 is 2.04 bits per heavy atom. The van der Waals surface area contributed by atoms with Crippen LogP contribution in [-0.2, 0) is 4.74 Å². The van der Waals surface area contributed by atoms with Crippen molar-refractivity contribution in [2.24, 2.45) is 4.99 Å². The van der Waals surface area contributed by atoms with E-state index in [9.17, 15) is 0 Å². The Bertz CT molecular complexity index is 358. The zero-order chi connectivity index (χ0) is 16.4. The summed E-state index contributed by atoms with van der Waals surface area (Å²) < 4.78 is 5.73. The summed E-state index contributed by atoms with van der Waals surface area (Å²) in [6.07, 6.45) is 5.05. The van der Waals surface area contributed by atoms with Crippen LogP contribution in [0.1, 0.15) is 39.5 Å². The largest absolute Gasteiger partial charge is 0.379 e. The zero-order valence-corrected chi connectivity index (χ0v) is 18.5. The number of hydrogen-bond acceptors (Lipinski definition) is 4. The second-order valence-electron chi connectivity index (χ2n) is 6.68. The second kappa shape index (κ2) is 12.6. The van der Waals surface area contributed by atoms with E-state index in [1.165, 1.54) is 38.0 Å². The average Bonchev–Trinajstić information content (AvgIpc) is 3.00. The first kappa shape index (κ1) is 22.3. The summed E-state index contributed by atoms with van der Waals surface area (Å²) in [5.41, 5.74) is 0. The Balaban J connectivity index is 0.00000288. The SMILES string of the molecule is CCNC(=NCC1(C)CCCS1)NCCCCN1CCOCC1.I. The summed E-state index contributed by atoms with van der Waals surface area (Å²) in [6, 6.07) is 0. The molecule has 2 heterocycles. The van der Waals surface area contributed by atoms with Gasteiger partial charge in [-0.3, -0.25) is 9.89 Å². The smallest absolute Gasteiger partial charge is 0.191 e. The number of rotatable bonds is 8. The summed E-state index contributed by atoms with van der Waals surface area (Å²) >= 11 is 2.07. The molecular formula is C17H35IN4OS. The number of nitrogens with one attached hydrogen (secondary N) is 2. The van der Waals surface area contributed by atoms with Crippen LogP contribution in [0, 0.1) is 0 Å². The molecule has 0 aliphatic carbocycles. The molecule has 0 bridgehead atoms. The maximum Gasteiger partial charge on any atom is 0.191 e. The van der Waals surface area contributed by atoms with Gasteiger partial charge in [0, 0.05) is 30.9 Å². The molecule has 0 aromatic carbocycles. The van der Waals surface area contributed by atoms with E-state index in [-0.39, 0.29) is 24.0 Å². The van der Waals surface area contributed by atoms with E-state index in [1.54, 1.807) is 0 Å². The molecule has 2 aliphatic rings. The third kappa shape index (κ3) is 8.58. The normalized spacial score (nSPS) is 25.3. The number of morpholine rings is 1. The fourth-order valence-corrected chi connectivity index (χ4v) is 4.27. The molecular weight excluding hydrogens is 435 g/mol. The highest BCUT2D eigenvalue weighted by molar-refractivity contribution is 14.0. The predicted octanol–water partition coefficient (Wildman–Crippen LogP) is 2.56. The number of hydrogen-bond donors (Lipinski definition) is 2. The van der Waals surface area contributed by atoms with Gasteiger partial charge in [-0.05, 0) is 51.8 Å². The fraction of sp³-hybridized carbons (Fsp3) is 0.941. The Kier molecular flexibility index (Phi) is 11.7. The molecule has 1 atom stereocenters. The minimum atomic E-state index is 0. The second-order valence-corrected chi connectivity index (χ2v) is 8.37. The van der Waals surface area contributed by atoms with Gasteiger partial charge in [-0.1, -0.05) is 0 Å². The third-order valence-electron chi connectivity index (χ3n) is 4.51. The molecule has 5 nitrogen and oxygen atoms in total. The van der Waals surface area contributed by atoms with Crippen molar-refractivity contribution in [1.29, 1.82) is 0 Å². The standard InChI is InChI=1S/C17H34N4OS.HI/c1-3-18-16(20-15-17(2)7-6-14-23-17)19-8-4-5-9-21-10-12-22-13-11-21;/h3-15H2,1-2H3,(H2,18,19,20);1H. The van der Waals surface area contributed by atoms with Crippen molar-refractivity contribution < 1.29 is 4.74 Å². The summed E-state index contributed by atoms with van der Waals surface area (Å²) in [7, 11) is 0. The minimum absolute atomic E-state index is 0.